The van der Waals surface area contributed by atoms with Gasteiger partial charge in [0, 0.05) is 18.0 Å². The van der Waals surface area contributed by atoms with Crippen LogP contribution in [-0.4, -0.2) is 23.7 Å². The van der Waals surface area contributed by atoms with E-state index in [-0.39, 0.29) is 12.1 Å². The van der Waals surface area contributed by atoms with Crippen molar-refractivity contribution in [2.45, 2.75) is 12.6 Å². The molecule has 0 bridgehead atoms. The zero-order valence-corrected chi connectivity index (χ0v) is 9.98. The van der Waals surface area contributed by atoms with E-state index in [4.69, 9.17) is 9.15 Å². The van der Waals surface area contributed by atoms with Gasteiger partial charge in [-0.2, -0.15) is 0 Å². The van der Waals surface area contributed by atoms with Crippen LogP contribution in [0.3, 0.4) is 0 Å². The van der Waals surface area contributed by atoms with E-state index in [9.17, 15) is 4.79 Å². The van der Waals surface area contributed by atoms with Gasteiger partial charge in [-0.15, -0.1) is 0 Å². The first-order valence-electron chi connectivity index (χ1n) is 4.21. The van der Waals surface area contributed by atoms with Crippen molar-refractivity contribution < 1.29 is 13.9 Å². The number of nitrogens with one attached hydrogen (secondary N) is 1. The Labute approximate surface area is 96.1 Å². The molecule has 1 amide bonds. The highest BCUT2D eigenvalue weighted by molar-refractivity contribution is 14.1. The number of methoxy groups -OCH3 is 1. The van der Waals surface area contributed by atoms with Crippen molar-refractivity contribution in [3.63, 3.8) is 0 Å². The molecule has 1 aromatic heterocycles. The Balaban J connectivity index is 2.47. The van der Waals surface area contributed by atoms with Crippen LogP contribution < -0.4 is 5.32 Å². The van der Waals surface area contributed by atoms with E-state index in [1.165, 1.54) is 6.26 Å². The maximum Gasteiger partial charge on any atom is 0.288 e. The third-order valence-corrected chi connectivity index (χ3v) is 2.32. The van der Waals surface area contributed by atoms with Crippen molar-refractivity contribution in [2.24, 2.45) is 0 Å². The molecule has 4 nitrogen and oxygen atoms in total. The molecule has 5 heteroatoms. The normalized spacial score (nSPS) is 12.4. The van der Waals surface area contributed by atoms with Gasteiger partial charge < -0.3 is 14.5 Å². The Morgan fingerprint density at radius 3 is 3.07 bits per heavy atom. The minimum atomic E-state index is -0.246. The van der Waals surface area contributed by atoms with Crippen molar-refractivity contribution in [3.8, 4) is 0 Å². The molecule has 0 aliphatic rings. The molecule has 1 atom stereocenters. The van der Waals surface area contributed by atoms with Crippen LogP contribution in [-0.2, 0) is 4.74 Å². The van der Waals surface area contributed by atoms with Crippen LogP contribution in [0.1, 0.15) is 17.0 Å². The fraction of sp³-hybridized carbons (Fsp3) is 0.444. The Morgan fingerprint density at radius 1 is 1.79 bits per heavy atom. The lowest BCUT2D eigenvalue weighted by molar-refractivity contribution is 0.0552. The van der Waals surface area contributed by atoms with Gasteiger partial charge in [0.25, 0.3) is 5.91 Å². The van der Waals surface area contributed by atoms with Gasteiger partial charge >= 0.3 is 0 Å². The molecule has 0 saturated heterocycles. The van der Waals surface area contributed by atoms with Crippen molar-refractivity contribution >= 4 is 28.5 Å². The topological polar surface area (TPSA) is 51.5 Å². The fourth-order valence-electron chi connectivity index (χ4n) is 0.973. The number of carbonyl (C=O) groups excluding carboxylic acids is 1. The molecule has 0 aliphatic heterocycles. The average molecular weight is 309 g/mol. The predicted molar refractivity (Wildman–Crippen MR) is 60.5 cm³/mol. The first-order chi connectivity index (χ1) is 6.77. The van der Waals surface area contributed by atoms with E-state index in [1.54, 1.807) is 19.2 Å². The summed E-state index contributed by atoms with van der Waals surface area (Å²) in [6, 6.07) is 3.29. The minimum Gasteiger partial charge on any atom is -0.459 e. The van der Waals surface area contributed by atoms with Crippen molar-refractivity contribution in [3.05, 3.63) is 24.2 Å². The fourth-order valence-corrected chi connectivity index (χ4v) is 1.54. The van der Waals surface area contributed by atoms with E-state index < -0.39 is 0 Å². The lowest BCUT2D eigenvalue weighted by atomic mass is 10.3. The molecule has 1 heterocycles. The summed E-state index contributed by atoms with van der Waals surface area (Å²) in [6.07, 6.45) is 2.00. The number of alkyl halides is 1. The molecular weight excluding hydrogens is 297 g/mol. The zero-order valence-electron chi connectivity index (χ0n) is 7.83. The molecule has 0 fully saturated rings. The largest absolute Gasteiger partial charge is 0.459 e. The first kappa shape index (κ1) is 11.5. The molecule has 0 spiro atoms. The molecule has 0 saturated carbocycles. The van der Waals surface area contributed by atoms with Gasteiger partial charge in [0.1, 0.15) is 6.23 Å². The number of hydrogen-bond acceptors (Lipinski definition) is 3. The van der Waals surface area contributed by atoms with Gasteiger partial charge in [0.2, 0.25) is 0 Å². The second-order valence-corrected chi connectivity index (χ2v) is 3.73. The molecule has 14 heavy (non-hydrogen) atoms. The van der Waals surface area contributed by atoms with Crippen molar-refractivity contribution in [1.82, 2.24) is 5.32 Å². The quantitative estimate of drug-likeness (QED) is 0.513. The van der Waals surface area contributed by atoms with Crippen LogP contribution in [0.4, 0.5) is 0 Å². The number of hydrogen-bond donors (Lipinski definition) is 1. The van der Waals surface area contributed by atoms with Crippen LogP contribution >= 0.6 is 22.6 Å². The monoisotopic (exact) mass is 309 g/mol. The van der Waals surface area contributed by atoms with Crippen LogP contribution in [0.2, 0.25) is 0 Å². The summed E-state index contributed by atoms with van der Waals surface area (Å²) >= 11 is 2.23. The number of furan rings is 1. The van der Waals surface area contributed by atoms with E-state index in [1.807, 2.05) is 0 Å². The summed E-state index contributed by atoms with van der Waals surface area (Å²) in [4.78, 5) is 11.5. The van der Waals surface area contributed by atoms with Gasteiger partial charge in [-0.1, -0.05) is 22.6 Å². The van der Waals surface area contributed by atoms with Gasteiger partial charge in [-0.25, -0.2) is 0 Å². The third-order valence-electron chi connectivity index (χ3n) is 1.69. The number of rotatable bonds is 5. The molecule has 1 aromatic rings. The molecule has 1 unspecified atom stereocenters. The van der Waals surface area contributed by atoms with Crippen molar-refractivity contribution in [1.29, 1.82) is 0 Å². The maximum atomic E-state index is 11.5. The Hall–Kier alpha value is -0.560. The van der Waals surface area contributed by atoms with E-state index >= 15 is 0 Å². The highest BCUT2D eigenvalue weighted by Gasteiger charge is 2.13. The van der Waals surface area contributed by atoms with Crippen LogP contribution in [0, 0.1) is 0 Å². The highest BCUT2D eigenvalue weighted by atomic mass is 127. The summed E-state index contributed by atoms with van der Waals surface area (Å²) < 4.78 is 11.0. The molecular formula is C9H12INO3. The average Bonchev–Trinajstić information content (AvgIpc) is 2.69. The summed E-state index contributed by atoms with van der Waals surface area (Å²) in [5.74, 6) is 0.0622. The number of amides is 1. The molecule has 78 valence electrons. The lowest BCUT2D eigenvalue weighted by Gasteiger charge is -2.14. The van der Waals surface area contributed by atoms with Gasteiger partial charge in [-0.3, -0.25) is 4.79 Å². The van der Waals surface area contributed by atoms with E-state index in [0.29, 0.717) is 5.76 Å². The summed E-state index contributed by atoms with van der Waals surface area (Å²) in [6.45, 7) is 0. The van der Waals surface area contributed by atoms with Crippen LogP contribution in [0.25, 0.3) is 0 Å². The number of halogens is 1. The smallest absolute Gasteiger partial charge is 0.288 e. The second-order valence-electron chi connectivity index (χ2n) is 2.65. The maximum absolute atomic E-state index is 11.5. The molecule has 1 rings (SSSR count). The summed E-state index contributed by atoms with van der Waals surface area (Å²) in [7, 11) is 1.57. The Morgan fingerprint density at radius 2 is 2.57 bits per heavy atom. The first-order valence-corrected chi connectivity index (χ1v) is 5.73. The number of ether oxygens (including phenoxy) is 1. The zero-order chi connectivity index (χ0) is 10.4. The summed E-state index contributed by atoms with van der Waals surface area (Å²) in [5, 5.41) is 2.71. The predicted octanol–water partition coefficient (Wildman–Crippen LogP) is 1.81. The SMILES string of the molecule is COC(CCI)NC(=O)c1ccco1. The van der Waals surface area contributed by atoms with E-state index in [0.717, 1.165) is 10.8 Å². The minimum absolute atomic E-state index is 0.244. The van der Waals surface area contributed by atoms with Gasteiger partial charge in [-0.05, 0) is 12.1 Å². The second kappa shape index (κ2) is 6.02. The van der Waals surface area contributed by atoms with Crippen LogP contribution in [0.5, 0.6) is 0 Å². The van der Waals surface area contributed by atoms with E-state index in [2.05, 4.69) is 27.9 Å². The van der Waals surface area contributed by atoms with Crippen LogP contribution in [0.15, 0.2) is 22.8 Å². The Bertz CT molecular complexity index is 274. The molecule has 0 radical (unpaired) electrons. The number of carbonyl (C=O) groups is 1. The highest BCUT2D eigenvalue weighted by Crippen LogP contribution is 2.02. The van der Waals surface area contributed by atoms with Crippen molar-refractivity contribution in [2.75, 3.05) is 11.5 Å². The third kappa shape index (κ3) is 3.30. The Kier molecular flexibility index (Phi) is 4.95. The lowest BCUT2D eigenvalue weighted by Crippen LogP contribution is -2.36. The van der Waals surface area contributed by atoms with Gasteiger partial charge in [0.15, 0.2) is 5.76 Å². The molecule has 1 N–H and O–H groups in total. The standard InChI is InChI=1S/C9H12INO3/c1-13-8(4-5-10)11-9(12)7-3-2-6-14-7/h2-3,6,8H,4-5H2,1H3,(H,11,12). The molecule has 0 aromatic carbocycles. The molecule has 0 aliphatic carbocycles. The van der Waals surface area contributed by atoms with Gasteiger partial charge in [0.05, 0.1) is 6.26 Å². The summed E-state index contributed by atoms with van der Waals surface area (Å²) in [5.41, 5.74) is 0.